The van der Waals surface area contributed by atoms with Gasteiger partial charge in [0.15, 0.2) is 0 Å². The first-order valence-corrected chi connectivity index (χ1v) is 5.82. The van der Waals surface area contributed by atoms with Crippen LogP contribution in [0.5, 0.6) is 0 Å². The Hall–Kier alpha value is -0.610. The van der Waals surface area contributed by atoms with Crippen LogP contribution in [0.3, 0.4) is 0 Å². The van der Waals surface area contributed by atoms with E-state index in [-0.39, 0.29) is 24.0 Å². The van der Waals surface area contributed by atoms with Crippen LogP contribution in [0.4, 0.5) is 0 Å². The Morgan fingerprint density at radius 2 is 2.06 bits per heavy atom. The van der Waals surface area contributed by atoms with Crippen LogP contribution in [0.15, 0.2) is 0 Å². The molecule has 16 heavy (non-hydrogen) atoms. The molecule has 0 aromatic carbocycles. The van der Waals surface area contributed by atoms with Crippen LogP contribution in [0.2, 0.25) is 0 Å². The molecule has 0 aromatic rings. The van der Waals surface area contributed by atoms with Crippen LogP contribution in [0.25, 0.3) is 0 Å². The first-order chi connectivity index (χ1) is 7.12. The van der Waals surface area contributed by atoms with E-state index in [1.807, 2.05) is 34.6 Å². The Kier molecular flexibility index (Phi) is 3.65. The van der Waals surface area contributed by atoms with Crippen molar-refractivity contribution in [3.8, 4) is 0 Å². The lowest BCUT2D eigenvalue weighted by Crippen LogP contribution is -2.41. The molecule has 4 heteroatoms. The lowest BCUT2D eigenvalue weighted by Gasteiger charge is -2.29. The maximum absolute atomic E-state index is 11.6. The van der Waals surface area contributed by atoms with Gasteiger partial charge < -0.3 is 9.94 Å². The van der Waals surface area contributed by atoms with Crippen LogP contribution in [-0.4, -0.2) is 33.4 Å². The maximum Gasteiger partial charge on any atom is 0.307 e. The fourth-order valence-electron chi connectivity index (χ4n) is 2.02. The largest absolute Gasteiger partial charge is 0.460 e. The van der Waals surface area contributed by atoms with Gasteiger partial charge in [-0.2, -0.15) is 5.06 Å². The Bertz CT molecular complexity index is 268. The average Bonchev–Trinajstić information content (AvgIpc) is 2.28. The number of nitrogens with zero attached hydrogens (tertiary/aromatic N) is 1. The van der Waals surface area contributed by atoms with Gasteiger partial charge in [0, 0.05) is 11.6 Å². The number of rotatable bonds is 2. The summed E-state index contributed by atoms with van der Waals surface area (Å²) >= 11 is 0. The summed E-state index contributed by atoms with van der Waals surface area (Å²) in [5.41, 5.74) is -0.682. The predicted molar refractivity (Wildman–Crippen MR) is 61.2 cm³/mol. The van der Waals surface area contributed by atoms with Crippen LogP contribution < -0.4 is 0 Å². The lowest BCUT2D eigenvalue weighted by molar-refractivity contribution is -0.178. The molecule has 0 spiro atoms. The zero-order chi connectivity index (χ0) is 12.6. The highest BCUT2D eigenvalue weighted by Gasteiger charge is 2.40. The third kappa shape index (κ3) is 3.46. The Balaban J connectivity index is 2.48. The molecule has 1 rings (SSSR count). The van der Waals surface area contributed by atoms with Crippen molar-refractivity contribution in [3.63, 3.8) is 0 Å². The van der Waals surface area contributed by atoms with Gasteiger partial charge in [-0.15, -0.1) is 0 Å². The Morgan fingerprint density at radius 1 is 1.50 bits per heavy atom. The molecule has 1 aliphatic heterocycles. The van der Waals surface area contributed by atoms with Crippen LogP contribution in [0.1, 0.15) is 53.9 Å². The second-order valence-corrected chi connectivity index (χ2v) is 6.14. The lowest BCUT2D eigenvalue weighted by atomic mass is 10.0. The number of carbonyl (C=O) groups excluding carboxylic acids is 1. The summed E-state index contributed by atoms with van der Waals surface area (Å²) in [5, 5.41) is 11.2. The number of carbonyl (C=O) groups is 1. The molecule has 1 aliphatic rings. The van der Waals surface area contributed by atoms with Gasteiger partial charge in [0.05, 0.1) is 6.42 Å². The van der Waals surface area contributed by atoms with Gasteiger partial charge in [-0.25, -0.2) is 0 Å². The SMILES string of the molecule is CC(C)(C)OC(=O)CC1CCC(C)(C)N1O. The summed E-state index contributed by atoms with van der Waals surface area (Å²) in [5.74, 6) is -0.241. The first-order valence-electron chi connectivity index (χ1n) is 5.82. The van der Waals surface area contributed by atoms with Gasteiger partial charge in [-0.05, 0) is 47.5 Å². The van der Waals surface area contributed by atoms with E-state index in [1.165, 1.54) is 5.06 Å². The molecule has 1 saturated heterocycles. The molecule has 0 aromatic heterocycles. The van der Waals surface area contributed by atoms with Crippen LogP contribution in [0, 0.1) is 0 Å². The molecule has 1 heterocycles. The quantitative estimate of drug-likeness (QED) is 0.738. The molecule has 1 N–H and O–H groups in total. The molecular weight excluding hydrogens is 206 g/mol. The first kappa shape index (κ1) is 13.5. The van der Waals surface area contributed by atoms with Gasteiger partial charge in [0.2, 0.25) is 0 Å². The molecule has 0 radical (unpaired) electrons. The Labute approximate surface area is 97.5 Å². The van der Waals surface area contributed by atoms with Gasteiger partial charge in [0.1, 0.15) is 5.60 Å². The molecule has 94 valence electrons. The highest BCUT2D eigenvalue weighted by Crippen LogP contribution is 2.33. The molecule has 1 atom stereocenters. The third-order valence-electron chi connectivity index (χ3n) is 2.88. The molecular formula is C12H23NO3. The summed E-state index contributed by atoms with van der Waals surface area (Å²) in [6.45, 7) is 9.49. The smallest absolute Gasteiger partial charge is 0.307 e. The second kappa shape index (κ2) is 4.34. The van der Waals surface area contributed by atoms with E-state index in [4.69, 9.17) is 4.74 Å². The number of esters is 1. The number of ether oxygens (including phenoxy) is 1. The van der Waals surface area contributed by atoms with Gasteiger partial charge in [0.25, 0.3) is 0 Å². The number of hydrogen-bond acceptors (Lipinski definition) is 4. The molecule has 0 aliphatic carbocycles. The average molecular weight is 229 g/mol. The van der Waals surface area contributed by atoms with E-state index in [0.717, 1.165) is 12.8 Å². The van der Waals surface area contributed by atoms with Crippen molar-refractivity contribution in [1.82, 2.24) is 5.06 Å². The van der Waals surface area contributed by atoms with Crippen molar-refractivity contribution in [2.75, 3.05) is 0 Å². The minimum absolute atomic E-state index is 0.107. The zero-order valence-electron chi connectivity index (χ0n) is 10.9. The molecule has 0 amide bonds. The van der Waals surface area contributed by atoms with E-state index < -0.39 is 5.60 Å². The standard InChI is InChI=1S/C12H23NO3/c1-11(2,3)16-10(14)8-9-6-7-12(4,5)13(9)15/h9,15H,6-8H2,1-5H3. The van der Waals surface area contributed by atoms with E-state index in [0.29, 0.717) is 0 Å². The molecule has 1 unspecified atom stereocenters. The van der Waals surface area contributed by atoms with Crippen molar-refractivity contribution in [2.45, 2.75) is 71.1 Å². The summed E-state index contributed by atoms with van der Waals surface area (Å²) in [6.07, 6.45) is 2.00. The molecule has 4 nitrogen and oxygen atoms in total. The summed E-state index contributed by atoms with van der Waals surface area (Å²) in [4.78, 5) is 11.6. The third-order valence-corrected chi connectivity index (χ3v) is 2.88. The topological polar surface area (TPSA) is 49.8 Å². The van der Waals surface area contributed by atoms with Crippen molar-refractivity contribution in [2.24, 2.45) is 0 Å². The van der Waals surface area contributed by atoms with E-state index in [9.17, 15) is 10.0 Å². The zero-order valence-corrected chi connectivity index (χ0v) is 10.9. The maximum atomic E-state index is 11.6. The highest BCUT2D eigenvalue weighted by atomic mass is 16.6. The van der Waals surface area contributed by atoms with Crippen LogP contribution >= 0.6 is 0 Å². The van der Waals surface area contributed by atoms with Crippen molar-refractivity contribution >= 4 is 5.97 Å². The summed E-state index contributed by atoms with van der Waals surface area (Å²) < 4.78 is 5.24. The second-order valence-electron chi connectivity index (χ2n) is 6.14. The van der Waals surface area contributed by atoms with E-state index >= 15 is 0 Å². The summed E-state index contributed by atoms with van der Waals surface area (Å²) in [7, 11) is 0. The highest BCUT2D eigenvalue weighted by molar-refractivity contribution is 5.70. The van der Waals surface area contributed by atoms with E-state index in [1.54, 1.807) is 0 Å². The van der Waals surface area contributed by atoms with Crippen molar-refractivity contribution < 1.29 is 14.7 Å². The van der Waals surface area contributed by atoms with Crippen molar-refractivity contribution in [1.29, 1.82) is 0 Å². The van der Waals surface area contributed by atoms with Gasteiger partial charge in [-0.3, -0.25) is 4.79 Å². The monoisotopic (exact) mass is 229 g/mol. The normalized spacial score (nSPS) is 25.8. The Morgan fingerprint density at radius 3 is 2.44 bits per heavy atom. The van der Waals surface area contributed by atoms with Crippen LogP contribution in [-0.2, 0) is 9.53 Å². The minimum atomic E-state index is -0.453. The molecule has 0 saturated carbocycles. The molecule has 1 fully saturated rings. The fourth-order valence-corrected chi connectivity index (χ4v) is 2.02. The number of hydroxylamine groups is 2. The molecule has 0 bridgehead atoms. The van der Waals surface area contributed by atoms with Crippen molar-refractivity contribution in [3.05, 3.63) is 0 Å². The van der Waals surface area contributed by atoms with Gasteiger partial charge >= 0.3 is 5.97 Å². The summed E-state index contributed by atoms with van der Waals surface area (Å²) in [6, 6.07) is -0.107. The predicted octanol–water partition coefficient (Wildman–Crippen LogP) is 2.35. The number of hydrogen-bond donors (Lipinski definition) is 1. The minimum Gasteiger partial charge on any atom is -0.460 e. The van der Waals surface area contributed by atoms with E-state index in [2.05, 4.69) is 0 Å². The van der Waals surface area contributed by atoms with Gasteiger partial charge in [-0.1, -0.05) is 0 Å². The fraction of sp³-hybridized carbons (Fsp3) is 0.917.